The lowest BCUT2D eigenvalue weighted by atomic mass is 11.2. The molecular formula is C5H9AlO. The van der Waals surface area contributed by atoms with Gasteiger partial charge in [-0.2, -0.15) is 0 Å². The third-order valence-electron chi connectivity index (χ3n) is 0.816. The van der Waals surface area contributed by atoms with Crippen LogP contribution in [0.25, 0.3) is 0 Å². The maximum atomic E-state index is 8.45. The van der Waals surface area contributed by atoms with Crippen molar-refractivity contribution in [2.24, 2.45) is 0 Å². The van der Waals surface area contributed by atoms with E-state index in [4.69, 9.17) is 5.11 Å². The highest BCUT2D eigenvalue weighted by atomic mass is 27.2. The van der Waals surface area contributed by atoms with Crippen molar-refractivity contribution in [3.63, 3.8) is 0 Å². The van der Waals surface area contributed by atoms with Crippen molar-refractivity contribution in [1.82, 2.24) is 0 Å². The fourth-order valence-electron chi connectivity index (χ4n) is 0.245. The summed E-state index contributed by atoms with van der Waals surface area (Å²) in [7, 11) is 0. The van der Waals surface area contributed by atoms with Crippen LogP contribution >= 0.6 is 0 Å². The fraction of sp³-hybridized carbons (Fsp3) is 0.200. The molecular weight excluding hydrogens is 103 g/mol. The van der Waals surface area contributed by atoms with Gasteiger partial charge in [0.25, 0.3) is 0 Å². The first kappa shape index (κ1) is 6.97. The van der Waals surface area contributed by atoms with Crippen LogP contribution in [-0.2, 0) is 0 Å². The Morgan fingerprint density at radius 3 is 1.86 bits per heavy atom. The smallest absolute Gasteiger partial charge is 0.359 e. The number of aliphatic hydroxyl groups is 1. The normalized spacial score (nSPS) is 7.57. The summed E-state index contributed by atoms with van der Waals surface area (Å²) in [4.78, 5) is 3.60. The van der Waals surface area contributed by atoms with Crippen molar-refractivity contribution >= 4 is 14.1 Å². The molecule has 2 heteroatoms. The van der Waals surface area contributed by atoms with E-state index in [-0.39, 0.29) is 5.47 Å². The number of hydrogen-bond donors (Lipinski definition) is 1. The molecule has 0 fully saturated rings. The maximum Gasteiger partial charge on any atom is 0.359 e. The fourth-order valence-corrected chi connectivity index (χ4v) is 0.736. The Labute approximate surface area is 48.4 Å². The maximum absolute atomic E-state index is 8.45. The minimum atomic E-state index is -1.09. The molecule has 7 heavy (non-hydrogen) atoms. The number of aliphatic hydroxyl groups excluding tert-OH is 1. The quantitative estimate of drug-likeness (QED) is 0.526. The van der Waals surface area contributed by atoms with Crippen LogP contribution in [0.1, 0.15) is 0 Å². The minimum absolute atomic E-state index is 0.257. The molecule has 0 aliphatic rings. The summed E-state index contributed by atoms with van der Waals surface area (Å²) < 4.78 is 0. The van der Waals surface area contributed by atoms with Gasteiger partial charge in [0.05, 0.1) is 0 Å². The lowest BCUT2D eigenvalue weighted by Gasteiger charge is -1.87. The van der Waals surface area contributed by atoms with Gasteiger partial charge in [-0.25, -0.2) is 0 Å². The predicted octanol–water partition coefficient (Wildman–Crippen LogP) is 0.463. The first-order valence-electron chi connectivity index (χ1n) is 2.21. The Morgan fingerprint density at radius 2 is 1.86 bits per heavy atom. The summed E-state index contributed by atoms with van der Waals surface area (Å²) in [5, 5.41) is 8.45. The summed E-state index contributed by atoms with van der Waals surface area (Å²) in [6.07, 6.45) is 0. The zero-order valence-corrected chi connectivity index (χ0v) is 5.46. The third-order valence-corrected chi connectivity index (χ3v) is 2.45. The van der Waals surface area contributed by atoms with Crippen LogP contribution in [-0.4, -0.2) is 24.7 Å². The van der Waals surface area contributed by atoms with Gasteiger partial charge in [-0.15, -0.1) is 23.0 Å². The monoisotopic (exact) mass is 112 g/mol. The summed E-state index contributed by atoms with van der Waals surface area (Å²) in [5.41, 5.74) is 0.257. The predicted molar refractivity (Wildman–Crippen MR) is 33.2 cm³/mol. The SMILES string of the molecule is C=[CH][Al]([CH]=C)[CH2]O. The molecule has 1 N–H and O–H groups in total. The van der Waals surface area contributed by atoms with Gasteiger partial charge >= 0.3 is 14.1 Å². The Bertz CT molecular complexity index is 62.5. The summed E-state index contributed by atoms with van der Waals surface area (Å²) in [6.45, 7) is 7.07. The summed E-state index contributed by atoms with van der Waals surface area (Å²) in [5.74, 6) is 0. The first-order chi connectivity index (χ1) is 3.35. The average Bonchev–Trinajstić information content (AvgIpc) is 1.72. The molecule has 38 valence electrons. The van der Waals surface area contributed by atoms with E-state index in [1.54, 1.807) is 9.88 Å². The number of rotatable bonds is 3. The van der Waals surface area contributed by atoms with E-state index in [1.807, 2.05) is 0 Å². The molecule has 0 rings (SSSR count). The van der Waals surface area contributed by atoms with Crippen LogP contribution in [0.2, 0.25) is 0 Å². The Morgan fingerprint density at radius 1 is 1.43 bits per heavy atom. The van der Waals surface area contributed by atoms with Gasteiger partial charge in [-0.3, -0.25) is 0 Å². The Kier molecular flexibility index (Phi) is 4.12. The molecule has 0 aromatic heterocycles. The van der Waals surface area contributed by atoms with Crippen LogP contribution in [0.3, 0.4) is 0 Å². The molecule has 0 radical (unpaired) electrons. The van der Waals surface area contributed by atoms with Crippen molar-refractivity contribution in [2.45, 2.75) is 0 Å². The second-order valence-electron chi connectivity index (χ2n) is 1.32. The van der Waals surface area contributed by atoms with Crippen LogP contribution in [0.15, 0.2) is 23.0 Å². The second kappa shape index (κ2) is 4.14. The Hall–Kier alpha value is -0.0275. The van der Waals surface area contributed by atoms with Crippen molar-refractivity contribution in [1.29, 1.82) is 0 Å². The molecule has 0 saturated heterocycles. The zero-order valence-electron chi connectivity index (χ0n) is 4.30. The molecule has 1 nitrogen and oxygen atoms in total. The van der Waals surface area contributed by atoms with Gasteiger partial charge in [0.2, 0.25) is 0 Å². The van der Waals surface area contributed by atoms with E-state index < -0.39 is 14.1 Å². The molecule has 0 amide bonds. The van der Waals surface area contributed by atoms with Gasteiger partial charge in [0.15, 0.2) is 0 Å². The molecule has 0 spiro atoms. The van der Waals surface area contributed by atoms with E-state index >= 15 is 0 Å². The van der Waals surface area contributed by atoms with E-state index in [9.17, 15) is 0 Å². The largest absolute Gasteiger partial charge is 0.410 e. The van der Waals surface area contributed by atoms with Crippen molar-refractivity contribution in [3.05, 3.63) is 23.0 Å². The summed E-state index contributed by atoms with van der Waals surface area (Å²) >= 11 is -1.09. The van der Waals surface area contributed by atoms with E-state index in [0.717, 1.165) is 0 Å². The van der Waals surface area contributed by atoms with E-state index in [1.165, 1.54) is 0 Å². The highest BCUT2D eigenvalue weighted by Gasteiger charge is 2.02. The van der Waals surface area contributed by atoms with Gasteiger partial charge in [-0.1, -0.05) is 0 Å². The van der Waals surface area contributed by atoms with Crippen LogP contribution < -0.4 is 0 Å². The lowest BCUT2D eigenvalue weighted by molar-refractivity contribution is 0.365. The van der Waals surface area contributed by atoms with Gasteiger partial charge < -0.3 is 5.11 Å². The van der Waals surface area contributed by atoms with Crippen molar-refractivity contribution in [2.75, 3.05) is 5.47 Å². The third kappa shape index (κ3) is 2.64. The Balaban J connectivity index is 3.36. The van der Waals surface area contributed by atoms with Crippen LogP contribution in [0.4, 0.5) is 0 Å². The topological polar surface area (TPSA) is 20.2 Å². The molecule has 0 unspecified atom stereocenters. The number of hydrogen-bond acceptors (Lipinski definition) is 1. The molecule has 0 heterocycles. The second-order valence-corrected chi connectivity index (χ2v) is 3.95. The van der Waals surface area contributed by atoms with Crippen LogP contribution in [0.5, 0.6) is 0 Å². The summed E-state index contributed by atoms with van der Waals surface area (Å²) in [6, 6.07) is 0. The van der Waals surface area contributed by atoms with Crippen molar-refractivity contribution in [3.8, 4) is 0 Å². The molecule has 0 aliphatic heterocycles. The highest BCUT2D eigenvalue weighted by Crippen LogP contribution is 1.79. The van der Waals surface area contributed by atoms with Crippen molar-refractivity contribution < 1.29 is 5.11 Å². The van der Waals surface area contributed by atoms with E-state index in [0.29, 0.717) is 0 Å². The molecule has 0 aliphatic carbocycles. The van der Waals surface area contributed by atoms with Gasteiger partial charge in [0.1, 0.15) is 0 Å². The first-order valence-corrected chi connectivity index (χ1v) is 4.36. The van der Waals surface area contributed by atoms with Gasteiger partial charge in [-0.05, 0) is 0 Å². The van der Waals surface area contributed by atoms with Crippen LogP contribution in [0, 0.1) is 0 Å². The average molecular weight is 112 g/mol. The molecule has 0 atom stereocenters. The molecule has 0 aromatic carbocycles. The molecule has 0 bridgehead atoms. The lowest BCUT2D eigenvalue weighted by Crippen LogP contribution is -2.10. The molecule has 0 saturated carbocycles. The zero-order chi connectivity index (χ0) is 5.70. The highest BCUT2D eigenvalue weighted by molar-refractivity contribution is 6.68. The van der Waals surface area contributed by atoms with Gasteiger partial charge in [0, 0.05) is 5.47 Å². The standard InChI is InChI=1S/2C2H3.CH3O.Al/c3*1-2;/h2*1H,2H2;2H,1H2;. The molecule has 0 aromatic rings. The minimum Gasteiger partial charge on any atom is -0.410 e. The van der Waals surface area contributed by atoms with E-state index in [2.05, 4.69) is 13.2 Å².